The molecule has 0 aliphatic heterocycles. The highest BCUT2D eigenvalue weighted by Crippen LogP contribution is 2.52. The van der Waals surface area contributed by atoms with Gasteiger partial charge < -0.3 is 29.4 Å². The van der Waals surface area contributed by atoms with Crippen LogP contribution in [0.2, 0.25) is 0 Å². The Kier molecular flexibility index (Phi) is 8.85. The molecule has 0 atom stereocenters. The van der Waals surface area contributed by atoms with Crippen molar-refractivity contribution >= 4 is 0 Å². The van der Waals surface area contributed by atoms with Crippen molar-refractivity contribution in [3.05, 3.63) is 142 Å². The van der Waals surface area contributed by atoms with E-state index in [1.54, 1.807) is 6.07 Å². The lowest BCUT2D eigenvalue weighted by Crippen LogP contribution is -2.04. The lowest BCUT2D eigenvalue weighted by Gasteiger charge is -2.15. The zero-order chi connectivity index (χ0) is 28.0. The molecule has 6 heteroatoms. The largest absolute Gasteiger partial charge is 0.504 e. The molecule has 2 fully saturated rings. The van der Waals surface area contributed by atoms with Gasteiger partial charge in [0.05, 0.1) is 0 Å². The smallest absolute Gasteiger partial charge is 0.258 e. The minimum absolute atomic E-state index is 0. The summed E-state index contributed by atoms with van der Waals surface area (Å²) in [6.45, 7) is 15.5. The molecular formula is C35H36N2O4. The Balaban J connectivity index is 0.000000273. The number of hydrogen-bond donors (Lipinski definition) is 2. The van der Waals surface area contributed by atoms with E-state index in [1.165, 1.54) is 12.1 Å². The van der Waals surface area contributed by atoms with Gasteiger partial charge in [-0.3, -0.25) is 0 Å². The van der Waals surface area contributed by atoms with Crippen LogP contribution in [0.1, 0.15) is 56.8 Å². The van der Waals surface area contributed by atoms with E-state index in [0.717, 1.165) is 47.9 Å². The summed E-state index contributed by atoms with van der Waals surface area (Å²) in [5.74, 6) is 1.12. The van der Waals surface area contributed by atoms with Gasteiger partial charge in [-0.25, -0.2) is 13.1 Å². The Morgan fingerprint density at radius 2 is 1.07 bits per heavy atom. The summed E-state index contributed by atoms with van der Waals surface area (Å²) in [4.78, 5) is 7.37. The highest BCUT2D eigenvalue weighted by molar-refractivity contribution is 5.48. The maximum atomic E-state index is 9.23. The van der Waals surface area contributed by atoms with Crippen LogP contribution in [0.4, 0.5) is 0 Å². The maximum Gasteiger partial charge on any atom is 0.258 e. The van der Waals surface area contributed by atoms with E-state index in [0.29, 0.717) is 24.7 Å². The highest BCUT2D eigenvalue weighted by Gasteiger charge is 2.53. The van der Waals surface area contributed by atoms with Crippen LogP contribution in [0.15, 0.2) is 97.1 Å². The minimum atomic E-state index is -0.412. The van der Waals surface area contributed by atoms with Gasteiger partial charge in [-0.05, 0) is 47.5 Å². The second-order valence-corrected chi connectivity index (χ2v) is 10.2. The van der Waals surface area contributed by atoms with Gasteiger partial charge in [0.15, 0.2) is 23.0 Å². The fourth-order valence-corrected chi connectivity index (χ4v) is 4.48. The molecule has 0 aromatic heterocycles. The molecule has 2 aliphatic rings. The van der Waals surface area contributed by atoms with Crippen LogP contribution in [0, 0.1) is 13.1 Å². The second-order valence-electron chi connectivity index (χ2n) is 10.2. The molecule has 2 saturated carbocycles. The van der Waals surface area contributed by atoms with E-state index >= 15 is 0 Å². The van der Waals surface area contributed by atoms with E-state index in [4.69, 9.17) is 27.7 Å². The zero-order valence-corrected chi connectivity index (χ0v) is 22.1. The van der Waals surface area contributed by atoms with Crippen molar-refractivity contribution in [2.45, 2.75) is 57.4 Å². The van der Waals surface area contributed by atoms with Gasteiger partial charge in [0.1, 0.15) is 13.2 Å². The summed E-state index contributed by atoms with van der Waals surface area (Å²) in [6.07, 6.45) is 3.53. The normalized spacial score (nSPS) is 15.0. The average Bonchev–Trinajstić information content (AvgIpc) is 3.94. The van der Waals surface area contributed by atoms with E-state index in [2.05, 4.69) is 9.69 Å². The Labute approximate surface area is 243 Å². The van der Waals surface area contributed by atoms with Crippen molar-refractivity contribution in [2.75, 3.05) is 0 Å². The molecule has 6 rings (SSSR count). The summed E-state index contributed by atoms with van der Waals surface area (Å²) in [5, 5.41) is 18.3. The Morgan fingerprint density at radius 1 is 0.610 bits per heavy atom. The van der Waals surface area contributed by atoms with E-state index < -0.39 is 5.54 Å². The third kappa shape index (κ3) is 6.80. The molecule has 0 radical (unpaired) electrons. The van der Waals surface area contributed by atoms with Crippen molar-refractivity contribution in [3.63, 3.8) is 0 Å². The Morgan fingerprint density at radius 3 is 1.54 bits per heavy atom. The highest BCUT2D eigenvalue weighted by atomic mass is 16.5. The summed E-state index contributed by atoms with van der Waals surface area (Å²) in [5.41, 5.74) is 3.26. The molecule has 0 bridgehead atoms. The molecule has 0 spiro atoms. The van der Waals surface area contributed by atoms with Crippen LogP contribution in [0.25, 0.3) is 9.69 Å². The topological polar surface area (TPSA) is 67.6 Å². The molecule has 0 unspecified atom stereocenters. The van der Waals surface area contributed by atoms with Crippen molar-refractivity contribution in [3.8, 4) is 23.0 Å². The molecule has 6 nitrogen and oxygen atoms in total. The van der Waals surface area contributed by atoms with Gasteiger partial charge in [0.25, 0.3) is 11.1 Å². The summed E-state index contributed by atoms with van der Waals surface area (Å²) in [7, 11) is 0. The first-order chi connectivity index (χ1) is 19.5. The number of phenolic OH excluding ortho intramolecular Hbond substituents is 2. The van der Waals surface area contributed by atoms with Crippen molar-refractivity contribution in [2.24, 2.45) is 0 Å². The molecule has 0 amide bonds. The summed E-state index contributed by atoms with van der Waals surface area (Å²) < 4.78 is 12.1. The van der Waals surface area contributed by atoms with Gasteiger partial charge >= 0.3 is 0 Å². The SMILES string of the molecule is C.[C-]#[N+]C1(c2ccc(O)c(O)c2)CC1.[C-]#[N+]C1(c2ccc(OCc3ccccc3)c(OCc3ccccc3)c2)CC1.[HH]. The second kappa shape index (κ2) is 12.5. The van der Waals surface area contributed by atoms with E-state index in [9.17, 15) is 5.11 Å². The third-order valence-corrected chi connectivity index (χ3v) is 7.34. The third-order valence-electron chi connectivity index (χ3n) is 7.34. The molecule has 0 saturated heterocycles. The number of ether oxygens (including phenoxy) is 2. The van der Waals surface area contributed by atoms with Crippen LogP contribution in [-0.4, -0.2) is 10.2 Å². The Bertz CT molecular complexity index is 1550. The lowest BCUT2D eigenvalue weighted by atomic mass is 10.1. The van der Waals surface area contributed by atoms with Gasteiger partial charge in [0.2, 0.25) is 0 Å². The predicted octanol–water partition coefficient (Wildman–Crippen LogP) is 8.64. The quantitative estimate of drug-likeness (QED) is 0.171. The zero-order valence-electron chi connectivity index (χ0n) is 22.1. The van der Waals surface area contributed by atoms with Crippen molar-refractivity contribution in [1.82, 2.24) is 0 Å². The first-order valence-electron chi connectivity index (χ1n) is 13.2. The first-order valence-corrected chi connectivity index (χ1v) is 13.2. The molecular weight excluding hydrogens is 512 g/mol. The molecule has 2 N–H and O–H groups in total. The standard InChI is InChI=1S/C24H21NO2.C10H9NO2.CH4.H2/c1-25-24(14-15-24)21-12-13-22(26-17-19-8-4-2-5-9-19)23(16-21)27-18-20-10-6-3-7-11-20;1-11-10(4-5-10)7-2-3-8(12)9(13)6-7;;/h2-13,16H,14-15,17-18H2;2-3,6,12-13H,4-5H2;1H4;1H. The summed E-state index contributed by atoms with van der Waals surface area (Å²) in [6, 6.07) is 30.6. The van der Waals surface area contributed by atoms with Gasteiger partial charge in [-0.15, -0.1) is 0 Å². The minimum Gasteiger partial charge on any atom is -0.504 e. The van der Waals surface area contributed by atoms with Gasteiger partial charge in [0, 0.05) is 38.2 Å². The van der Waals surface area contributed by atoms with E-state index in [-0.39, 0.29) is 25.9 Å². The molecule has 2 aliphatic carbocycles. The van der Waals surface area contributed by atoms with Crippen molar-refractivity contribution < 1.29 is 21.1 Å². The monoisotopic (exact) mass is 548 g/mol. The summed E-state index contributed by atoms with van der Waals surface area (Å²) >= 11 is 0. The predicted molar refractivity (Wildman–Crippen MR) is 162 cm³/mol. The Hall–Kier alpha value is -4.94. The number of benzene rings is 4. The first kappa shape index (κ1) is 29.1. The van der Waals surface area contributed by atoms with Crippen LogP contribution in [0.5, 0.6) is 23.0 Å². The molecule has 4 aromatic rings. The van der Waals surface area contributed by atoms with Crippen LogP contribution in [0.3, 0.4) is 0 Å². The number of phenols is 2. The number of nitrogens with zero attached hydrogens (tertiary/aromatic N) is 2. The van der Waals surface area contributed by atoms with Crippen LogP contribution in [-0.2, 0) is 24.3 Å². The fraction of sp³-hybridized carbons (Fsp3) is 0.257. The number of hydrogen-bond acceptors (Lipinski definition) is 4. The van der Waals surface area contributed by atoms with E-state index in [1.807, 2.05) is 78.9 Å². The van der Waals surface area contributed by atoms with Gasteiger partial charge in [-0.2, -0.15) is 0 Å². The molecule has 0 heterocycles. The fourth-order valence-electron chi connectivity index (χ4n) is 4.48. The van der Waals surface area contributed by atoms with Crippen LogP contribution < -0.4 is 9.47 Å². The van der Waals surface area contributed by atoms with Crippen LogP contribution >= 0.6 is 0 Å². The molecule has 210 valence electrons. The number of aromatic hydroxyl groups is 2. The lowest BCUT2D eigenvalue weighted by molar-refractivity contribution is 0.255. The number of rotatable bonds is 8. The molecule has 41 heavy (non-hydrogen) atoms. The average molecular weight is 549 g/mol. The molecule has 4 aromatic carbocycles. The van der Waals surface area contributed by atoms with Gasteiger partial charge in [-0.1, -0.05) is 68.1 Å². The maximum absolute atomic E-state index is 9.23. The van der Waals surface area contributed by atoms with Crippen molar-refractivity contribution in [1.29, 1.82) is 0 Å².